The minimum Gasteiger partial charge on any atom is -0.497 e. The maximum Gasteiger partial charge on any atom is 0.272 e. The Kier molecular flexibility index (Phi) is 5.54. The fourth-order valence-corrected chi connectivity index (χ4v) is 4.75. The van der Waals surface area contributed by atoms with Crippen molar-refractivity contribution in [1.29, 1.82) is 0 Å². The molecule has 2 aliphatic rings. The maximum absolute atomic E-state index is 14.3. The number of carbonyl (C=O) groups is 1. The van der Waals surface area contributed by atoms with Crippen LogP contribution < -0.4 is 4.74 Å². The molecule has 2 aliphatic heterocycles. The Morgan fingerprint density at radius 3 is 2.86 bits per heavy atom. The quantitative estimate of drug-likeness (QED) is 0.790. The molecule has 5 nitrogen and oxygen atoms in total. The first kappa shape index (κ1) is 19.8. The molecule has 2 aromatic rings. The minimum absolute atomic E-state index is 0.0153. The SMILES string of the molecule is COc1ccc(F)c(CN2CCC[C@@]3(CCN(C(=O)c4cccc(C)n4)C3)C2)c1. The molecule has 0 N–H and O–H groups in total. The lowest BCUT2D eigenvalue weighted by Gasteiger charge is -2.40. The molecule has 3 heterocycles. The van der Waals surface area contributed by atoms with E-state index in [9.17, 15) is 9.18 Å². The molecule has 0 saturated carbocycles. The van der Waals surface area contributed by atoms with E-state index in [4.69, 9.17) is 4.74 Å². The summed E-state index contributed by atoms with van der Waals surface area (Å²) in [5.74, 6) is 0.497. The molecule has 0 unspecified atom stereocenters. The average Bonchev–Trinajstić information content (AvgIpc) is 3.12. The van der Waals surface area contributed by atoms with Crippen LogP contribution in [0.5, 0.6) is 5.75 Å². The number of amides is 1. The molecule has 1 aromatic carbocycles. The molecule has 1 amide bonds. The topological polar surface area (TPSA) is 45.7 Å². The van der Waals surface area contributed by atoms with Gasteiger partial charge >= 0.3 is 0 Å². The lowest BCUT2D eigenvalue weighted by Crippen LogP contribution is -2.45. The monoisotopic (exact) mass is 397 g/mol. The van der Waals surface area contributed by atoms with E-state index < -0.39 is 0 Å². The summed E-state index contributed by atoms with van der Waals surface area (Å²) in [5.41, 5.74) is 2.13. The number of hydrogen-bond acceptors (Lipinski definition) is 4. The van der Waals surface area contributed by atoms with Gasteiger partial charge in [-0.1, -0.05) is 6.07 Å². The largest absolute Gasteiger partial charge is 0.497 e. The van der Waals surface area contributed by atoms with Gasteiger partial charge < -0.3 is 9.64 Å². The number of likely N-dealkylation sites (tertiary alicyclic amines) is 2. The van der Waals surface area contributed by atoms with E-state index >= 15 is 0 Å². The number of nitrogens with zero attached hydrogens (tertiary/aromatic N) is 3. The molecule has 0 bridgehead atoms. The number of hydrogen-bond donors (Lipinski definition) is 0. The smallest absolute Gasteiger partial charge is 0.272 e. The third kappa shape index (κ3) is 4.27. The van der Waals surface area contributed by atoms with Gasteiger partial charge in [-0.05, 0) is 63.1 Å². The van der Waals surface area contributed by atoms with Crippen molar-refractivity contribution < 1.29 is 13.9 Å². The Hall–Kier alpha value is -2.47. The van der Waals surface area contributed by atoms with Crippen LogP contribution >= 0.6 is 0 Å². The van der Waals surface area contributed by atoms with Crippen LogP contribution in [0.4, 0.5) is 4.39 Å². The zero-order valence-corrected chi connectivity index (χ0v) is 17.2. The first-order valence-electron chi connectivity index (χ1n) is 10.3. The standard InChI is InChI=1S/C23H28FN3O2/c1-17-5-3-6-21(25-17)22(28)27-12-10-23(16-27)9-4-11-26(15-23)14-18-13-19(29-2)7-8-20(18)24/h3,5-8,13H,4,9-12,14-16H2,1-2H3/t23-/m1/s1. The molecule has 0 radical (unpaired) electrons. The van der Waals surface area contributed by atoms with Crippen molar-refractivity contribution in [3.8, 4) is 5.75 Å². The Morgan fingerprint density at radius 1 is 1.21 bits per heavy atom. The minimum atomic E-state index is -0.195. The van der Waals surface area contributed by atoms with Crippen LogP contribution in [0.3, 0.4) is 0 Å². The summed E-state index contributed by atoms with van der Waals surface area (Å²) >= 11 is 0. The number of ether oxygens (including phenoxy) is 1. The van der Waals surface area contributed by atoms with Crippen molar-refractivity contribution in [3.05, 3.63) is 59.2 Å². The predicted octanol–water partition coefficient (Wildman–Crippen LogP) is 3.67. The molecule has 1 aromatic heterocycles. The highest BCUT2D eigenvalue weighted by Crippen LogP contribution is 2.40. The second kappa shape index (κ2) is 8.11. The summed E-state index contributed by atoms with van der Waals surface area (Å²) in [6.07, 6.45) is 3.16. The molecule has 2 saturated heterocycles. The summed E-state index contributed by atoms with van der Waals surface area (Å²) in [6, 6.07) is 10.5. The highest BCUT2D eigenvalue weighted by Gasteiger charge is 2.43. The van der Waals surface area contributed by atoms with Crippen molar-refractivity contribution in [2.75, 3.05) is 33.3 Å². The van der Waals surface area contributed by atoms with Gasteiger partial charge in [0.05, 0.1) is 7.11 Å². The van der Waals surface area contributed by atoms with Gasteiger partial charge in [-0.2, -0.15) is 0 Å². The van der Waals surface area contributed by atoms with E-state index in [-0.39, 0.29) is 17.1 Å². The Morgan fingerprint density at radius 2 is 2.07 bits per heavy atom. The number of pyridine rings is 1. The van der Waals surface area contributed by atoms with Crippen molar-refractivity contribution in [2.24, 2.45) is 5.41 Å². The molecule has 1 spiro atoms. The molecule has 154 valence electrons. The number of benzene rings is 1. The lowest BCUT2D eigenvalue weighted by molar-refractivity contribution is 0.0668. The second-order valence-electron chi connectivity index (χ2n) is 8.41. The zero-order chi connectivity index (χ0) is 20.4. The highest BCUT2D eigenvalue weighted by atomic mass is 19.1. The molecular weight excluding hydrogens is 369 g/mol. The molecule has 2 fully saturated rings. The van der Waals surface area contributed by atoms with Crippen molar-refractivity contribution in [2.45, 2.75) is 32.7 Å². The van der Waals surface area contributed by atoms with Gasteiger partial charge in [-0.25, -0.2) is 9.37 Å². The Labute approximate surface area is 171 Å². The van der Waals surface area contributed by atoms with E-state index in [1.54, 1.807) is 25.3 Å². The molecule has 6 heteroatoms. The van der Waals surface area contributed by atoms with Gasteiger partial charge in [-0.3, -0.25) is 9.69 Å². The normalized spacial score (nSPS) is 22.2. The van der Waals surface area contributed by atoms with Crippen LogP contribution in [0, 0.1) is 18.2 Å². The summed E-state index contributed by atoms with van der Waals surface area (Å²) in [6.45, 7) is 5.81. The van der Waals surface area contributed by atoms with Crippen LogP contribution in [-0.4, -0.2) is 54.0 Å². The second-order valence-corrected chi connectivity index (χ2v) is 8.41. The number of carbonyl (C=O) groups excluding carboxylic acids is 1. The Balaban J connectivity index is 1.44. The van der Waals surface area contributed by atoms with Gasteiger partial charge in [0.15, 0.2) is 0 Å². The van der Waals surface area contributed by atoms with E-state index in [0.29, 0.717) is 23.6 Å². The third-order valence-corrected chi connectivity index (χ3v) is 6.22. The zero-order valence-electron chi connectivity index (χ0n) is 17.2. The number of aromatic nitrogens is 1. The number of piperidine rings is 1. The number of aryl methyl sites for hydroxylation is 1. The molecule has 1 atom stereocenters. The summed E-state index contributed by atoms with van der Waals surface area (Å²) in [5, 5.41) is 0. The van der Waals surface area contributed by atoms with Gasteiger partial charge in [0.1, 0.15) is 17.3 Å². The fourth-order valence-electron chi connectivity index (χ4n) is 4.75. The number of rotatable bonds is 4. The van der Waals surface area contributed by atoms with Crippen molar-refractivity contribution >= 4 is 5.91 Å². The molecular formula is C23H28FN3O2. The van der Waals surface area contributed by atoms with E-state index in [1.165, 1.54) is 6.07 Å². The van der Waals surface area contributed by atoms with E-state index in [2.05, 4.69) is 9.88 Å². The molecule has 29 heavy (non-hydrogen) atoms. The van der Waals surface area contributed by atoms with E-state index in [0.717, 1.165) is 51.1 Å². The highest BCUT2D eigenvalue weighted by molar-refractivity contribution is 5.92. The number of halogens is 1. The van der Waals surface area contributed by atoms with Crippen LogP contribution in [0.1, 0.15) is 41.0 Å². The summed E-state index contributed by atoms with van der Waals surface area (Å²) in [7, 11) is 1.60. The van der Waals surface area contributed by atoms with Crippen molar-refractivity contribution in [1.82, 2.24) is 14.8 Å². The third-order valence-electron chi connectivity index (χ3n) is 6.22. The fraction of sp³-hybridized carbons (Fsp3) is 0.478. The molecule has 0 aliphatic carbocycles. The van der Waals surface area contributed by atoms with Crippen LogP contribution in [0.15, 0.2) is 36.4 Å². The van der Waals surface area contributed by atoms with Crippen LogP contribution in [0.25, 0.3) is 0 Å². The first-order chi connectivity index (χ1) is 14.0. The first-order valence-corrected chi connectivity index (χ1v) is 10.3. The lowest BCUT2D eigenvalue weighted by atomic mass is 9.79. The maximum atomic E-state index is 14.3. The number of methoxy groups -OCH3 is 1. The van der Waals surface area contributed by atoms with Gasteiger partial charge in [0, 0.05) is 42.9 Å². The van der Waals surface area contributed by atoms with Crippen LogP contribution in [0.2, 0.25) is 0 Å². The van der Waals surface area contributed by atoms with Crippen molar-refractivity contribution in [3.63, 3.8) is 0 Å². The van der Waals surface area contributed by atoms with E-state index in [1.807, 2.05) is 24.0 Å². The van der Waals surface area contributed by atoms with Gasteiger partial charge in [-0.15, -0.1) is 0 Å². The predicted molar refractivity (Wildman–Crippen MR) is 109 cm³/mol. The summed E-state index contributed by atoms with van der Waals surface area (Å²) < 4.78 is 19.5. The molecule has 4 rings (SSSR count). The average molecular weight is 397 g/mol. The van der Waals surface area contributed by atoms with Gasteiger partial charge in [0.2, 0.25) is 0 Å². The van der Waals surface area contributed by atoms with Crippen LogP contribution in [-0.2, 0) is 6.54 Å². The summed E-state index contributed by atoms with van der Waals surface area (Å²) in [4.78, 5) is 21.6. The van der Waals surface area contributed by atoms with Gasteiger partial charge in [0.25, 0.3) is 5.91 Å². The Bertz CT molecular complexity index is 903.